The number of carbonyl (C=O) groups is 1. The Morgan fingerprint density at radius 3 is 2.30 bits per heavy atom. The van der Waals surface area contributed by atoms with Gasteiger partial charge in [-0.2, -0.15) is 31.4 Å². The van der Waals surface area contributed by atoms with Crippen LogP contribution in [0.3, 0.4) is 0 Å². The second-order valence-corrected chi connectivity index (χ2v) is 5.82. The summed E-state index contributed by atoms with van der Waals surface area (Å²) >= 11 is 0.425. The van der Waals surface area contributed by atoms with E-state index < -0.39 is 40.3 Å². The summed E-state index contributed by atoms with van der Waals surface area (Å²) in [6, 6.07) is 7.76. The van der Waals surface area contributed by atoms with Gasteiger partial charge in [0.25, 0.3) is 5.91 Å². The van der Waals surface area contributed by atoms with E-state index in [0.717, 1.165) is 0 Å². The summed E-state index contributed by atoms with van der Waals surface area (Å²) in [5, 5.41) is 8.69. The maximum atomic E-state index is 13.1. The van der Waals surface area contributed by atoms with Gasteiger partial charge in [0.15, 0.2) is 16.3 Å². The van der Waals surface area contributed by atoms with Crippen molar-refractivity contribution in [3.63, 3.8) is 0 Å². The predicted molar refractivity (Wildman–Crippen MR) is 81.4 cm³/mol. The molecule has 0 unspecified atom stereocenters. The zero-order valence-electron chi connectivity index (χ0n) is 12.8. The molecule has 0 bridgehead atoms. The summed E-state index contributed by atoms with van der Waals surface area (Å²) in [6.45, 7) is 0. The van der Waals surface area contributed by atoms with Crippen LogP contribution in [0.5, 0.6) is 0 Å². The van der Waals surface area contributed by atoms with Gasteiger partial charge < -0.3 is 5.32 Å². The van der Waals surface area contributed by atoms with Gasteiger partial charge in [-0.3, -0.25) is 4.79 Å². The van der Waals surface area contributed by atoms with E-state index in [-0.39, 0.29) is 10.7 Å². The Hall–Kier alpha value is -2.96. The molecule has 27 heavy (non-hydrogen) atoms. The van der Waals surface area contributed by atoms with Crippen molar-refractivity contribution in [3.05, 3.63) is 52.7 Å². The molecule has 0 atom stereocenters. The minimum absolute atomic E-state index is 0.0772. The molecule has 0 saturated heterocycles. The number of halogens is 6. The third-order valence-electron chi connectivity index (χ3n) is 3.20. The number of hydrogen-bond donors (Lipinski definition) is 1. The Labute approximate surface area is 150 Å². The van der Waals surface area contributed by atoms with E-state index in [1.807, 2.05) is 0 Å². The first-order valence-electron chi connectivity index (χ1n) is 7.01. The average molecular weight is 407 g/mol. The molecule has 0 aliphatic heterocycles. The van der Waals surface area contributed by atoms with Gasteiger partial charge in [0.1, 0.15) is 0 Å². The highest BCUT2D eigenvalue weighted by Crippen LogP contribution is 2.36. The van der Waals surface area contributed by atoms with E-state index in [2.05, 4.69) is 20.0 Å². The second-order valence-electron chi connectivity index (χ2n) is 5.07. The summed E-state index contributed by atoms with van der Waals surface area (Å²) in [4.78, 5) is 11.9. The first kappa shape index (κ1) is 18.8. The van der Waals surface area contributed by atoms with Gasteiger partial charge in [-0.05, 0) is 23.7 Å². The fraction of sp³-hybridized carbons (Fsp3) is 0.143. The van der Waals surface area contributed by atoms with Crippen molar-refractivity contribution in [1.82, 2.24) is 19.4 Å². The van der Waals surface area contributed by atoms with Crippen molar-refractivity contribution < 1.29 is 31.1 Å². The molecule has 3 aromatic rings. The lowest BCUT2D eigenvalue weighted by Crippen LogP contribution is -2.18. The lowest BCUT2D eigenvalue weighted by atomic mass is 10.3. The van der Waals surface area contributed by atoms with Gasteiger partial charge in [0.05, 0.1) is 0 Å². The van der Waals surface area contributed by atoms with Gasteiger partial charge in [0, 0.05) is 11.8 Å². The quantitative estimate of drug-likeness (QED) is 0.666. The largest absolute Gasteiger partial charge is 0.435 e. The molecule has 0 aliphatic rings. The van der Waals surface area contributed by atoms with Crippen molar-refractivity contribution >= 4 is 23.1 Å². The third kappa shape index (κ3) is 3.92. The summed E-state index contributed by atoms with van der Waals surface area (Å²) in [5.41, 5.74) is -3.16. The lowest BCUT2D eigenvalue weighted by molar-refractivity contribution is -0.143. The summed E-state index contributed by atoms with van der Waals surface area (Å²) < 4.78 is 81.1. The number of hydrogen-bond acceptors (Lipinski definition) is 5. The number of nitrogens with zero attached hydrogens (tertiary/aromatic N) is 4. The fourth-order valence-corrected chi connectivity index (χ4v) is 2.60. The maximum Gasteiger partial charge on any atom is 0.435 e. The normalized spacial score (nSPS) is 12.2. The molecule has 1 N–H and O–H groups in total. The number of alkyl halides is 6. The number of anilines is 1. The van der Waals surface area contributed by atoms with Gasteiger partial charge in [-0.1, -0.05) is 22.7 Å². The average Bonchev–Trinajstić information content (AvgIpc) is 3.21. The van der Waals surface area contributed by atoms with Gasteiger partial charge in [-0.15, -0.1) is 5.10 Å². The SMILES string of the molecule is O=C(Nc1ccccc1)c1snnc1-n1nc(C(F)(F)F)cc1C(F)(F)F. The van der Waals surface area contributed by atoms with Crippen molar-refractivity contribution in [1.29, 1.82) is 0 Å². The molecule has 1 amide bonds. The Morgan fingerprint density at radius 1 is 1.04 bits per heavy atom. The Balaban J connectivity index is 2.05. The van der Waals surface area contributed by atoms with Crippen LogP contribution in [-0.2, 0) is 12.4 Å². The fourth-order valence-electron chi connectivity index (χ4n) is 2.06. The molecule has 0 saturated carbocycles. The number of amides is 1. The highest BCUT2D eigenvalue weighted by molar-refractivity contribution is 7.08. The Morgan fingerprint density at radius 2 is 1.70 bits per heavy atom. The Kier molecular flexibility index (Phi) is 4.63. The number of para-hydroxylation sites is 1. The lowest BCUT2D eigenvalue weighted by Gasteiger charge is -2.09. The van der Waals surface area contributed by atoms with Gasteiger partial charge >= 0.3 is 12.4 Å². The van der Waals surface area contributed by atoms with E-state index >= 15 is 0 Å². The standard InChI is InChI=1S/C14H7F6N5OS/c15-13(16,17)8-6-9(14(18,19)20)25(23-8)11-10(27-24-22-11)12(26)21-7-4-2-1-3-5-7/h1-6H,(H,21,26). The molecule has 1 aromatic carbocycles. The molecule has 13 heteroatoms. The van der Waals surface area contributed by atoms with Crippen LogP contribution in [0.4, 0.5) is 32.0 Å². The van der Waals surface area contributed by atoms with Crippen molar-refractivity contribution in [2.45, 2.75) is 12.4 Å². The van der Waals surface area contributed by atoms with Crippen molar-refractivity contribution in [2.75, 3.05) is 5.32 Å². The monoisotopic (exact) mass is 407 g/mol. The van der Waals surface area contributed by atoms with E-state index in [9.17, 15) is 31.1 Å². The van der Waals surface area contributed by atoms with Gasteiger partial charge in [-0.25, -0.2) is 4.68 Å². The van der Waals surface area contributed by atoms with E-state index in [4.69, 9.17) is 0 Å². The molecule has 0 aliphatic carbocycles. The molecule has 142 valence electrons. The minimum Gasteiger partial charge on any atom is -0.321 e. The number of nitrogens with one attached hydrogen (secondary N) is 1. The van der Waals surface area contributed by atoms with E-state index in [1.54, 1.807) is 18.2 Å². The molecule has 6 nitrogen and oxygen atoms in total. The van der Waals surface area contributed by atoms with E-state index in [0.29, 0.717) is 17.2 Å². The first-order valence-corrected chi connectivity index (χ1v) is 7.78. The maximum absolute atomic E-state index is 13.1. The Bertz CT molecular complexity index is 963. The van der Waals surface area contributed by atoms with Crippen LogP contribution in [0.15, 0.2) is 36.4 Å². The predicted octanol–water partition coefficient (Wildman–Crippen LogP) is 4.01. The van der Waals surface area contributed by atoms with Crippen LogP contribution in [0.2, 0.25) is 0 Å². The van der Waals surface area contributed by atoms with Crippen LogP contribution in [0, 0.1) is 0 Å². The third-order valence-corrected chi connectivity index (χ3v) is 3.91. The van der Waals surface area contributed by atoms with Crippen LogP contribution in [-0.4, -0.2) is 25.3 Å². The first-order chi connectivity index (χ1) is 12.6. The number of benzene rings is 1. The molecular formula is C14H7F6N5OS. The highest BCUT2D eigenvalue weighted by atomic mass is 32.1. The minimum atomic E-state index is -5.16. The second kappa shape index (κ2) is 6.64. The highest BCUT2D eigenvalue weighted by Gasteiger charge is 2.43. The molecule has 0 spiro atoms. The summed E-state index contributed by atoms with van der Waals surface area (Å²) in [5.74, 6) is -1.64. The molecular weight excluding hydrogens is 400 g/mol. The molecule has 3 rings (SSSR count). The number of rotatable bonds is 3. The topological polar surface area (TPSA) is 72.7 Å². The van der Waals surface area contributed by atoms with Crippen molar-refractivity contribution in [2.24, 2.45) is 0 Å². The van der Waals surface area contributed by atoms with Crippen molar-refractivity contribution in [3.8, 4) is 5.82 Å². The van der Waals surface area contributed by atoms with Crippen LogP contribution < -0.4 is 5.32 Å². The van der Waals surface area contributed by atoms with Gasteiger partial charge in [0.2, 0.25) is 5.82 Å². The molecule has 2 aromatic heterocycles. The molecule has 0 radical (unpaired) electrons. The zero-order chi connectivity index (χ0) is 19.8. The van der Waals surface area contributed by atoms with Crippen LogP contribution >= 0.6 is 11.5 Å². The molecule has 2 heterocycles. The van der Waals surface area contributed by atoms with E-state index in [1.165, 1.54) is 12.1 Å². The summed E-state index contributed by atoms with van der Waals surface area (Å²) in [7, 11) is 0. The number of carbonyl (C=O) groups excluding carboxylic acids is 1. The smallest absolute Gasteiger partial charge is 0.321 e. The van der Waals surface area contributed by atoms with Crippen LogP contribution in [0.1, 0.15) is 21.1 Å². The van der Waals surface area contributed by atoms with Crippen LogP contribution in [0.25, 0.3) is 5.82 Å². The zero-order valence-corrected chi connectivity index (χ0v) is 13.7. The summed E-state index contributed by atoms with van der Waals surface area (Å²) in [6.07, 6.45) is -10.3. The number of aromatic nitrogens is 4. The molecule has 0 fully saturated rings.